The van der Waals surface area contributed by atoms with Gasteiger partial charge in [0, 0.05) is 14.1 Å². The maximum Gasteiger partial charge on any atom is 0.292 e. The first-order chi connectivity index (χ1) is 3.13. The van der Waals surface area contributed by atoms with Gasteiger partial charge < -0.3 is 4.89 Å². The highest BCUT2D eigenvalue weighted by Gasteiger charge is 1.98. The van der Waals surface area contributed by atoms with Gasteiger partial charge in [0.1, 0.15) is 0 Å². The van der Waals surface area contributed by atoms with Gasteiger partial charge in [-0.15, -0.1) is 0 Å². The summed E-state index contributed by atoms with van der Waals surface area (Å²) in [5.41, 5.74) is 0. The fraction of sp³-hybridized carbons (Fsp3) is 1.00. The van der Waals surface area contributed by atoms with E-state index >= 15 is 0 Å². The van der Waals surface area contributed by atoms with E-state index in [9.17, 15) is 0 Å². The normalized spacial score (nSPS) is 15.0. The van der Waals surface area contributed by atoms with Crippen LogP contribution in [0.5, 0.6) is 0 Å². The third kappa shape index (κ3) is 6.60. The van der Waals surface area contributed by atoms with Crippen LogP contribution in [0.2, 0.25) is 0 Å². The largest absolute Gasteiger partial charge is 0.337 e. The minimum absolute atomic E-state index is 1.35. The highest BCUT2D eigenvalue weighted by molar-refractivity contribution is 7.75. The van der Waals surface area contributed by atoms with Crippen LogP contribution in [0.1, 0.15) is 0 Å². The van der Waals surface area contributed by atoms with Gasteiger partial charge in [0.15, 0.2) is 0 Å². The summed E-state index contributed by atoms with van der Waals surface area (Å²) in [4.78, 5) is 8.29. The molecule has 0 aromatic heterocycles. The average molecular weight is 144 g/mol. The summed E-state index contributed by atoms with van der Waals surface area (Å²) in [6, 6.07) is 0. The van der Waals surface area contributed by atoms with Gasteiger partial charge in [-0.25, -0.2) is 4.62 Å². The van der Waals surface area contributed by atoms with E-state index in [2.05, 4.69) is 4.62 Å². The van der Waals surface area contributed by atoms with Crippen molar-refractivity contribution >= 4 is 19.0 Å². The first-order valence-corrected chi connectivity index (χ1v) is 3.75. The Balaban J connectivity index is 2.95. The van der Waals surface area contributed by atoms with Crippen molar-refractivity contribution in [1.82, 2.24) is 5.06 Å². The van der Waals surface area contributed by atoms with Crippen molar-refractivity contribution in [3.63, 3.8) is 0 Å². The fourth-order valence-corrected chi connectivity index (χ4v) is 0.775. The summed E-state index contributed by atoms with van der Waals surface area (Å²) < 4.78 is 4.47. The molecule has 0 amide bonds. The van der Waals surface area contributed by atoms with Gasteiger partial charge in [-0.05, 0) is 11.2 Å². The van der Waals surface area contributed by atoms with Crippen molar-refractivity contribution in [3.8, 4) is 0 Å². The minimum Gasteiger partial charge on any atom is -0.337 e. The molecule has 0 saturated heterocycles. The maximum atomic E-state index is 8.29. The second-order valence-corrected chi connectivity index (χ2v) is 2.60. The van der Waals surface area contributed by atoms with Crippen LogP contribution >= 0.6 is 19.0 Å². The summed E-state index contributed by atoms with van der Waals surface area (Å²) in [5, 5.41) is 1.35. The summed E-state index contributed by atoms with van der Waals surface area (Å²) in [7, 11) is 1.55. The van der Waals surface area contributed by atoms with Crippen molar-refractivity contribution in [2.75, 3.05) is 14.1 Å². The summed E-state index contributed by atoms with van der Waals surface area (Å²) in [6.07, 6.45) is 0. The molecule has 0 aliphatic heterocycles. The van der Waals surface area contributed by atoms with Crippen LogP contribution in [-0.4, -0.2) is 24.1 Å². The average Bonchev–Trinajstić information content (AvgIpc) is 1.27. The Morgan fingerprint density at radius 2 is 2.14 bits per heavy atom. The molecule has 0 aromatic rings. The number of halogens is 1. The van der Waals surface area contributed by atoms with Gasteiger partial charge >= 0.3 is 0 Å². The van der Waals surface area contributed by atoms with Crippen molar-refractivity contribution in [3.05, 3.63) is 0 Å². The van der Waals surface area contributed by atoms with E-state index < -0.39 is 7.73 Å². The molecule has 1 atom stereocenters. The van der Waals surface area contributed by atoms with Gasteiger partial charge in [-0.1, -0.05) is 0 Å². The van der Waals surface area contributed by atoms with Gasteiger partial charge in [-0.3, -0.25) is 0 Å². The lowest BCUT2D eigenvalue weighted by atomic mass is 11.2. The monoisotopic (exact) mass is 143 g/mol. The number of hydroxylamine groups is 2. The molecule has 7 heavy (non-hydrogen) atoms. The topological polar surface area (TPSA) is 32.7 Å². The minimum atomic E-state index is -1.74. The third-order valence-corrected chi connectivity index (χ3v) is 0.877. The molecule has 0 fully saturated rings. The molecule has 0 heterocycles. The lowest BCUT2D eigenvalue weighted by Crippen LogP contribution is -2.06. The lowest BCUT2D eigenvalue weighted by molar-refractivity contribution is 0.00355. The molecule has 0 bridgehead atoms. The molecule has 1 unspecified atom stereocenters. The molecule has 0 aliphatic carbocycles. The second-order valence-electron chi connectivity index (χ2n) is 1.12. The smallest absolute Gasteiger partial charge is 0.292 e. The number of hydrogen-bond donors (Lipinski definition) is 1. The van der Waals surface area contributed by atoms with Gasteiger partial charge in [-0.2, -0.15) is 5.06 Å². The van der Waals surface area contributed by atoms with E-state index in [1.807, 2.05) is 0 Å². The second kappa shape index (κ2) is 3.58. The zero-order valence-corrected chi connectivity index (χ0v) is 5.78. The molecule has 3 nitrogen and oxygen atoms in total. The van der Waals surface area contributed by atoms with Crippen molar-refractivity contribution < 1.29 is 9.52 Å². The highest BCUT2D eigenvalue weighted by atomic mass is 35.7. The van der Waals surface area contributed by atoms with E-state index in [1.165, 1.54) is 5.06 Å². The van der Waals surface area contributed by atoms with E-state index in [0.717, 1.165) is 0 Å². The van der Waals surface area contributed by atoms with Crippen molar-refractivity contribution in [2.24, 2.45) is 0 Å². The van der Waals surface area contributed by atoms with Crippen molar-refractivity contribution in [2.45, 2.75) is 0 Å². The van der Waals surface area contributed by atoms with Gasteiger partial charge in [0.25, 0.3) is 7.73 Å². The van der Waals surface area contributed by atoms with Crippen molar-refractivity contribution in [1.29, 1.82) is 0 Å². The molecule has 0 spiro atoms. The summed E-state index contributed by atoms with van der Waals surface area (Å²) >= 11 is 5.03. The summed E-state index contributed by atoms with van der Waals surface area (Å²) in [6.45, 7) is 0. The predicted octanol–water partition coefficient (Wildman–Crippen LogP) is 0.938. The Kier molecular flexibility index (Phi) is 3.89. The molecule has 0 aromatic carbocycles. The third-order valence-electron chi connectivity index (χ3n) is 0.231. The van der Waals surface area contributed by atoms with Crippen LogP contribution in [0.15, 0.2) is 0 Å². The van der Waals surface area contributed by atoms with Crippen LogP contribution in [-0.2, 0) is 4.62 Å². The fourth-order valence-electron chi connectivity index (χ4n) is 0.135. The molecule has 5 heteroatoms. The number of hydrogen-bond acceptors (Lipinski definition) is 3. The highest BCUT2D eigenvalue weighted by Crippen LogP contribution is 2.36. The predicted molar refractivity (Wildman–Crippen MR) is 29.8 cm³/mol. The Morgan fingerprint density at radius 3 is 2.14 bits per heavy atom. The molecule has 44 valence electrons. The molecule has 0 aliphatic rings. The quantitative estimate of drug-likeness (QED) is 0.461. The Labute approximate surface area is 48.5 Å². The number of nitrogens with zero attached hydrogens (tertiary/aromatic N) is 1. The molecule has 0 radical (unpaired) electrons. The molecular weight excluding hydrogens is 136 g/mol. The molecule has 0 saturated carbocycles. The molecule has 1 N–H and O–H groups in total. The standard InChI is InChI=1S/C2H7ClNO2P/c1-4(2)6-7(3)5/h5H,1-2H3. The van der Waals surface area contributed by atoms with Crippen LogP contribution in [0.4, 0.5) is 0 Å². The van der Waals surface area contributed by atoms with Crippen LogP contribution in [0.25, 0.3) is 0 Å². The van der Waals surface area contributed by atoms with Crippen LogP contribution < -0.4 is 0 Å². The Bertz CT molecular complexity index is 45.0. The van der Waals surface area contributed by atoms with Crippen LogP contribution in [0, 0.1) is 0 Å². The zero-order chi connectivity index (χ0) is 5.86. The summed E-state index contributed by atoms with van der Waals surface area (Å²) in [5.74, 6) is 0. The van der Waals surface area contributed by atoms with Crippen LogP contribution in [0.3, 0.4) is 0 Å². The maximum absolute atomic E-state index is 8.29. The lowest BCUT2D eigenvalue weighted by Gasteiger charge is -2.07. The molecular formula is C2H7ClNO2P. The Morgan fingerprint density at radius 1 is 1.71 bits per heavy atom. The Hall–Kier alpha value is 0.600. The first kappa shape index (κ1) is 7.60. The number of rotatable bonds is 2. The van der Waals surface area contributed by atoms with Gasteiger partial charge in [0.05, 0.1) is 0 Å². The SMILES string of the molecule is CN(C)OP(O)Cl. The van der Waals surface area contributed by atoms with E-state index in [4.69, 9.17) is 16.1 Å². The van der Waals surface area contributed by atoms with Gasteiger partial charge in [0.2, 0.25) is 0 Å². The first-order valence-electron chi connectivity index (χ1n) is 1.63. The van der Waals surface area contributed by atoms with E-state index in [1.54, 1.807) is 14.1 Å². The van der Waals surface area contributed by atoms with E-state index in [0.29, 0.717) is 0 Å². The van der Waals surface area contributed by atoms with E-state index in [-0.39, 0.29) is 0 Å². The molecule has 0 rings (SSSR count). The zero-order valence-electron chi connectivity index (χ0n) is 4.13.